The van der Waals surface area contributed by atoms with E-state index in [4.69, 9.17) is 0 Å². The minimum absolute atomic E-state index is 0.156. The Hall–Kier alpha value is -5.50. The third kappa shape index (κ3) is 4.12. The molecule has 14 rings (SSSR count). The molecule has 0 N–H and O–H groups in total. The molecule has 0 unspecified atom stereocenters. The van der Waals surface area contributed by atoms with Crippen molar-refractivity contribution in [1.29, 1.82) is 0 Å². The Morgan fingerprint density at radius 3 is 1.58 bits per heavy atom. The van der Waals surface area contributed by atoms with Crippen molar-refractivity contribution >= 4 is 53.1 Å². The van der Waals surface area contributed by atoms with Crippen LogP contribution < -0.4 is 0 Å². The summed E-state index contributed by atoms with van der Waals surface area (Å²) in [6.07, 6.45) is 7.10. The summed E-state index contributed by atoms with van der Waals surface area (Å²) in [6, 6.07) is 60.5. The maximum absolute atomic E-state index is 2.68. The molecule has 4 bridgehead atoms. The summed E-state index contributed by atoms with van der Waals surface area (Å²) in [7, 11) is 0. The highest BCUT2D eigenvalue weighted by molar-refractivity contribution is 7.26. The van der Waals surface area contributed by atoms with Crippen LogP contribution in [0.5, 0.6) is 0 Å². The lowest BCUT2D eigenvalue weighted by atomic mass is 9.43. The molecule has 9 aromatic rings. The SMILES string of the molecule is c1ccc2c(c1)-c1ccc(-c3c4ccccc4c(-c4ccc(-c5cccc6c5sc5ccccc56)cc4)c4ccccc34)cc1C21C2CC3CC(C2)CC1C3. The van der Waals surface area contributed by atoms with Gasteiger partial charge in [0.2, 0.25) is 0 Å². The standard InChI is InChI=1S/C54H40S/c1-3-14-45-43(12-1)51(35-22-20-34(21-23-35)39-16-9-17-47-42-11-6-8-19-50(42)55-53(39)47)44-13-2-4-15-46(44)52(45)36-24-25-41-40-10-5-7-18-48(40)54(49(41)31-36)37-27-32-26-33(29-37)30-38(54)28-32/h1-25,31-33,37-38H,26-30H2. The van der Waals surface area contributed by atoms with E-state index in [-0.39, 0.29) is 5.41 Å². The topological polar surface area (TPSA) is 0 Å². The first kappa shape index (κ1) is 30.8. The molecule has 0 aliphatic heterocycles. The van der Waals surface area contributed by atoms with Gasteiger partial charge in [-0.2, -0.15) is 0 Å². The molecule has 262 valence electrons. The first-order chi connectivity index (χ1) is 27.2. The molecule has 1 heteroatoms. The summed E-state index contributed by atoms with van der Waals surface area (Å²) in [6.45, 7) is 0. The predicted molar refractivity (Wildman–Crippen MR) is 234 cm³/mol. The average molecular weight is 721 g/mol. The van der Waals surface area contributed by atoms with Crippen LogP contribution in [0.4, 0.5) is 0 Å². The van der Waals surface area contributed by atoms with Crippen molar-refractivity contribution < 1.29 is 0 Å². The Bertz CT molecular complexity index is 2960. The summed E-state index contributed by atoms with van der Waals surface area (Å²) in [5.74, 6) is 3.38. The second-order valence-corrected chi connectivity index (χ2v) is 18.2. The lowest BCUT2D eigenvalue weighted by Gasteiger charge is -2.61. The molecule has 1 heterocycles. The van der Waals surface area contributed by atoms with Crippen molar-refractivity contribution in [3.05, 3.63) is 169 Å². The van der Waals surface area contributed by atoms with Gasteiger partial charge in [-0.3, -0.25) is 0 Å². The maximum atomic E-state index is 2.68. The van der Waals surface area contributed by atoms with Gasteiger partial charge < -0.3 is 0 Å². The Labute approximate surface area is 326 Å². The van der Waals surface area contributed by atoms with E-state index < -0.39 is 0 Å². The van der Waals surface area contributed by atoms with Crippen molar-refractivity contribution in [3.8, 4) is 44.5 Å². The normalized spacial score (nSPS) is 23.3. The molecular formula is C54H40S. The van der Waals surface area contributed by atoms with E-state index in [2.05, 4.69) is 158 Å². The van der Waals surface area contributed by atoms with E-state index >= 15 is 0 Å². The van der Waals surface area contributed by atoms with Crippen LogP contribution in [0.15, 0.2) is 158 Å². The van der Waals surface area contributed by atoms with Crippen LogP contribution in [0.3, 0.4) is 0 Å². The van der Waals surface area contributed by atoms with Crippen LogP contribution >= 0.6 is 11.3 Å². The van der Waals surface area contributed by atoms with E-state index in [1.807, 2.05) is 11.3 Å². The molecule has 0 nitrogen and oxygen atoms in total. The van der Waals surface area contributed by atoms with Crippen molar-refractivity contribution in [2.24, 2.45) is 23.7 Å². The largest absolute Gasteiger partial charge is 0.135 e. The summed E-state index contributed by atoms with van der Waals surface area (Å²) in [4.78, 5) is 0. The minimum Gasteiger partial charge on any atom is -0.135 e. The van der Waals surface area contributed by atoms with Gasteiger partial charge in [0.25, 0.3) is 0 Å². The zero-order valence-corrected chi connectivity index (χ0v) is 31.6. The zero-order valence-electron chi connectivity index (χ0n) is 30.8. The molecule has 8 aromatic carbocycles. The first-order valence-corrected chi connectivity index (χ1v) is 21.2. The average Bonchev–Trinajstić information content (AvgIpc) is 3.75. The molecule has 55 heavy (non-hydrogen) atoms. The predicted octanol–water partition coefficient (Wildman–Crippen LogP) is 15.1. The fourth-order valence-corrected chi connectivity index (χ4v) is 14.1. The van der Waals surface area contributed by atoms with Crippen LogP contribution in [-0.4, -0.2) is 0 Å². The third-order valence-corrected chi connectivity index (χ3v) is 15.9. The molecule has 0 amide bonds. The van der Waals surface area contributed by atoms with Gasteiger partial charge in [0.1, 0.15) is 0 Å². The Balaban J connectivity index is 0.994. The zero-order chi connectivity index (χ0) is 35.8. The van der Waals surface area contributed by atoms with E-state index in [9.17, 15) is 0 Å². The second-order valence-electron chi connectivity index (χ2n) is 17.2. The minimum atomic E-state index is 0.156. The van der Waals surface area contributed by atoms with Crippen LogP contribution in [0, 0.1) is 23.7 Å². The van der Waals surface area contributed by atoms with E-state index in [1.54, 1.807) is 11.1 Å². The highest BCUT2D eigenvalue weighted by atomic mass is 32.1. The van der Waals surface area contributed by atoms with Gasteiger partial charge in [0.15, 0.2) is 0 Å². The molecule has 5 aliphatic rings. The first-order valence-electron chi connectivity index (χ1n) is 20.4. The van der Waals surface area contributed by atoms with Crippen LogP contribution in [-0.2, 0) is 5.41 Å². The van der Waals surface area contributed by atoms with Gasteiger partial charge in [-0.1, -0.05) is 146 Å². The van der Waals surface area contributed by atoms with Gasteiger partial charge in [0.05, 0.1) is 0 Å². The Kier molecular flexibility index (Phi) is 6.31. The van der Waals surface area contributed by atoms with E-state index in [1.165, 1.54) is 118 Å². The van der Waals surface area contributed by atoms with Gasteiger partial charge >= 0.3 is 0 Å². The molecular weight excluding hydrogens is 681 g/mol. The summed E-state index contributed by atoms with van der Waals surface area (Å²) in [5, 5.41) is 8.02. The van der Waals surface area contributed by atoms with E-state index in [0.29, 0.717) is 0 Å². The lowest BCUT2D eigenvalue weighted by molar-refractivity contribution is -0.0399. The molecule has 4 saturated carbocycles. The maximum Gasteiger partial charge on any atom is 0.0433 e. The fraction of sp³-hybridized carbons (Fsp3) is 0.185. The number of hydrogen-bond donors (Lipinski definition) is 0. The van der Waals surface area contributed by atoms with Crippen molar-refractivity contribution in [2.75, 3.05) is 0 Å². The highest BCUT2D eigenvalue weighted by Crippen LogP contribution is 2.69. The summed E-state index contributed by atoms with van der Waals surface area (Å²) >= 11 is 1.90. The third-order valence-electron chi connectivity index (χ3n) is 14.7. The quantitative estimate of drug-likeness (QED) is 0.159. The van der Waals surface area contributed by atoms with E-state index in [0.717, 1.165) is 23.7 Å². The molecule has 0 atom stereocenters. The number of fused-ring (bicyclic) bond motifs is 8. The molecule has 4 fully saturated rings. The van der Waals surface area contributed by atoms with Crippen molar-refractivity contribution in [1.82, 2.24) is 0 Å². The van der Waals surface area contributed by atoms with Crippen LogP contribution in [0.1, 0.15) is 43.2 Å². The van der Waals surface area contributed by atoms with Gasteiger partial charge in [-0.15, -0.1) is 11.3 Å². The van der Waals surface area contributed by atoms with Crippen molar-refractivity contribution in [2.45, 2.75) is 37.5 Å². The van der Waals surface area contributed by atoms with Gasteiger partial charge in [-0.05, 0) is 145 Å². The molecule has 1 aromatic heterocycles. The molecule has 1 spiro atoms. The Morgan fingerprint density at radius 1 is 0.382 bits per heavy atom. The van der Waals surface area contributed by atoms with Crippen LogP contribution in [0.25, 0.3) is 86.2 Å². The monoisotopic (exact) mass is 720 g/mol. The fourth-order valence-electron chi connectivity index (χ4n) is 12.8. The van der Waals surface area contributed by atoms with Gasteiger partial charge in [0, 0.05) is 25.6 Å². The molecule has 0 radical (unpaired) electrons. The number of hydrogen-bond acceptors (Lipinski definition) is 1. The van der Waals surface area contributed by atoms with Crippen molar-refractivity contribution in [3.63, 3.8) is 0 Å². The smallest absolute Gasteiger partial charge is 0.0433 e. The number of thiophene rings is 1. The summed E-state index contributed by atoms with van der Waals surface area (Å²) < 4.78 is 2.71. The molecule has 0 saturated heterocycles. The molecule has 5 aliphatic carbocycles. The lowest BCUT2D eigenvalue weighted by Crippen LogP contribution is -2.55. The second kappa shape index (κ2) is 11.3. The van der Waals surface area contributed by atoms with Gasteiger partial charge in [-0.25, -0.2) is 0 Å². The van der Waals surface area contributed by atoms with Crippen LogP contribution in [0.2, 0.25) is 0 Å². The summed E-state index contributed by atoms with van der Waals surface area (Å²) in [5.41, 5.74) is 14.3. The number of rotatable bonds is 3. The highest BCUT2D eigenvalue weighted by Gasteiger charge is 2.61. The number of benzene rings is 8. The Morgan fingerprint density at radius 2 is 0.891 bits per heavy atom.